The molecule has 1 amide bonds. The molecule has 3 N–H and O–H groups in total. The fourth-order valence-electron chi connectivity index (χ4n) is 1.45. The zero-order chi connectivity index (χ0) is 15.6. The standard InChI is InChI=1S/C13H17F3N2O2/c1-8(9-4-6-10(20-3)7-5-9)18-11(19)12(2,17)13(14,15)16/h4-8H,17H2,1-3H3,(H,18,19). The zero-order valence-electron chi connectivity index (χ0n) is 11.4. The van der Waals surface area contributed by atoms with Crippen LogP contribution in [0.4, 0.5) is 13.2 Å². The minimum Gasteiger partial charge on any atom is -0.497 e. The SMILES string of the molecule is COc1ccc(C(C)NC(=O)C(C)(N)C(F)(F)F)cc1. The van der Waals surface area contributed by atoms with Gasteiger partial charge in [-0.15, -0.1) is 0 Å². The van der Waals surface area contributed by atoms with E-state index in [2.05, 4.69) is 5.32 Å². The van der Waals surface area contributed by atoms with Gasteiger partial charge in [-0.05, 0) is 31.5 Å². The van der Waals surface area contributed by atoms with E-state index in [9.17, 15) is 18.0 Å². The van der Waals surface area contributed by atoms with Crippen LogP contribution >= 0.6 is 0 Å². The van der Waals surface area contributed by atoms with E-state index in [0.29, 0.717) is 18.2 Å². The third-order valence-electron chi connectivity index (χ3n) is 3.02. The van der Waals surface area contributed by atoms with E-state index in [1.807, 2.05) is 0 Å². The number of methoxy groups -OCH3 is 1. The minimum absolute atomic E-state index is 0.598. The Morgan fingerprint density at radius 3 is 2.20 bits per heavy atom. The number of alkyl halides is 3. The zero-order valence-corrected chi connectivity index (χ0v) is 11.4. The number of nitrogens with two attached hydrogens (primary N) is 1. The van der Waals surface area contributed by atoms with Gasteiger partial charge in [0, 0.05) is 0 Å². The van der Waals surface area contributed by atoms with Gasteiger partial charge in [-0.1, -0.05) is 12.1 Å². The molecule has 0 aliphatic carbocycles. The minimum atomic E-state index is -4.81. The molecule has 2 atom stereocenters. The van der Waals surface area contributed by atoms with Crippen LogP contribution in [0, 0.1) is 0 Å². The molecule has 112 valence electrons. The average Bonchev–Trinajstić information content (AvgIpc) is 2.37. The summed E-state index contributed by atoms with van der Waals surface area (Å²) in [7, 11) is 1.50. The molecule has 0 aliphatic heterocycles. The molecule has 0 saturated heterocycles. The summed E-state index contributed by atoms with van der Waals surface area (Å²) >= 11 is 0. The van der Waals surface area contributed by atoms with Gasteiger partial charge in [0.1, 0.15) is 5.75 Å². The Morgan fingerprint density at radius 2 is 1.80 bits per heavy atom. The third kappa shape index (κ3) is 3.41. The van der Waals surface area contributed by atoms with Crippen molar-refractivity contribution in [2.75, 3.05) is 7.11 Å². The fourth-order valence-corrected chi connectivity index (χ4v) is 1.45. The van der Waals surface area contributed by atoms with Crippen LogP contribution in [0.5, 0.6) is 5.75 Å². The monoisotopic (exact) mass is 290 g/mol. The van der Waals surface area contributed by atoms with Gasteiger partial charge in [0.2, 0.25) is 5.91 Å². The van der Waals surface area contributed by atoms with Crippen LogP contribution in [0.25, 0.3) is 0 Å². The van der Waals surface area contributed by atoms with Crippen LogP contribution in [-0.4, -0.2) is 24.7 Å². The van der Waals surface area contributed by atoms with E-state index in [-0.39, 0.29) is 0 Å². The number of amides is 1. The predicted octanol–water partition coefficient (Wildman–Crippen LogP) is 2.15. The van der Waals surface area contributed by atoms with Gasteiger partial charge in [0.25, 0.3) is 0 Å². The van der Waals surface area contributed by atoms with Crippen LogP contribution in [0.1, 0.15) is 25.5 Å². The fraction of sp³-hybridized carbons (Fsp3) is 0.462. The number of rotatable bonds is 4. The van der Waals surface area contributed by atoms with Crippen LogP contribution in [0.2, 0.25) is 0 Å². The molecule has 0 bridgehead atoms. The van der Waals surface area contributed by atoms with Gasteiger partial charge in [-0.2, -0.15) is 13.2 Å². The smallest absolute Gasteiger partial charge is 0.415 e. The quantitative estimate of drug-likeness (QED) is 0.893. The maximum atomic E-state index is 12.6. The summed E-state index contributed by atoms with van der Waals surface area (Å²) in [6, 6.07) is 6.03. The van der Waals surface area contributed by atoms with Crippen molar-refractivity contribution in [1.29, 1.82) is 0 Å². The molecule has 20 heavy (non-hydrogen) atoms. The van der Waals surface area contributed by atoms with Crippen LogP contribution in [0.3, 0.4) is 0 Å². The highest BCUT2D eigenvalue weighted by atomic mass is 19.4. The molecule has 0 aliphatic rings. The summed E-state index contributed by atoms with van der Waals surface area (Å²) in [4.78, 5) is 11.6. The third-order valence-corrected chi connectivity index (χ3v) is 3.02. The summed E-state index contributed by atoms with van der Waals surface area (Å²) in [6.07, 6.45) is -4.81. The molecule has 7 heteroatoms. The highest BCUT2D eigenvalue weighted by Crippen LogP contribution is 2.28. The molecular weight excluding hydrogens is 273 g/mol. The summed E-state index contributed by atoms with van der Waals surface area (Å²) in [5.74, 6) is -0.653. The molecule has 0 heterocycles. The lowest BCUT2D eigenvalue weighted by molar-refractivity contribution is -0.187. The lowest BCUT2D eigenvalue weighted by Gasteiger charge is -2.28. The number of nitrogens with one attached hydrogen (secondary N) is 1. The largest absolute Gasteiger partial charge is 0.497 e. The molecule has 2 unspecified atom stereocenters. The van der Waals surface area contributed by atoms with Crippen molar-refractivity contribution in [3.05, 3.63) is 29.8 Å². The second-order valence-corrected chi connectivity index (χ2v) is 4.67. The first-order valence-corrected chi connectivity index (χ1v) is 5.90. The number of hydrogen-bond donors (Lipinski definition) is 2. The maximum absolute atomic E-state index is 12.6. The number of carbonyl (C=O) groups excluding carboxylic acids is 1. The summed E-state index contributed by atoms with van der Waals surface area (Å²) in [5, 5.41) is 2.26. The second-order valence-electron chi connectivity index (χ2n) is 4.67. The van der Waals surface area contributed by atoms with E-state index in [4.69, 9.17) is 10.5 Å². The number of ether oxygens (including phenoxy) is 1. The van der Waals surface area contributed by atoms with Gasteiger partial charge in [0.05, 0.1) is 13.2 Å². The average molecular weight is 290 g/mol. The Hall–Kier alpha value is -1.76. The lowest BCUT2D eigenvalue weighted by atomic mass is 10.0. The highest BCUT2D eigenvalue weighted by molar-refractivity contribution is 5.86. The molecule has 4 nitrogen and oxygen atoms in total. The summed E-state index contributed by atoms with van der Waals surface area (Å²) < 4.78 is 42.9. The number of hydrogen-bond acceptors (Lipinski definition) is 3. The van der Waals surface area contributed by atoms with Crippen molar-refractivity contribution < 1.29 is 22.7 Å². The van der Waals surface area contributed by atoms with Gasteiger partial charge in [0.15, 0.2) is 5.54 Å². The van der Waals surface area contributed by atoms with Crippen molar-refractivity contribution >= 4 is 5.91 Å². The molecular formula is C13H17F3N2O2. The number of benzene rings is 1. The van der Waals surface area contributed by atoms with Gasteiger partial charge < -0.3 is 15.8 Å². The Morgan fingerprint density at radius 1 is 1.30 bits per heavy atom. The van der Waals surface area contributed by atoms with Crippen molar-refractivity contribution in [2.24, 2.45) is 5.73 Å². The number of carbonyl (C=O) groups is 1. The van der Waals surface area contributed by atoms with Gasteiger partial charge >= 0.3 is 6.18 Å². The van der Waals surface area contributed by atoms with Gasteiger partial charge in [-0.25, -0.2) is 0 Å². The van der Waals surface area contributed by atoms with Crippen LogP contribution in [0.15, 0.2) is 24.3 Å². The molecule has 0 saturated carbocycles. The molecule has 1 aromatic rings. The Labute approximate surface area is 115 Å². The van der Waals surface area contributed by atoms with Crippen molar-refractivity contribution in [3.8, 4) is 5.75 Å². The molecule has 0 fully saturated rings. The predicted molar refractivity (Wildman–Crippen MR) is 68.2 cm³/mol. The van der Waals surface area contributed by atoms with E-state index in [1.54, 1.807) is 31.2 Å². The lowest BCUT2D eigenvalue weighted by Crippen LogP contribution is -2.61. The summed E-state index contributed by atoms with van der Waals surface area (Å²) in [5.41, 5.74) is 2.78. The number of halogens is 3. The Balaban J connectivity index is 2.79. The van der Waals surface area contributed by atoms with Crippen molar-refractivity contribution in [2.45, 2.75) is 31.6 Å². The van der Waals surface area contributed by atoms with E-state index in [0.717, 1.165) is 0 Å². The molecule has 0 aromatic heterocycles. The molecule has 1 aromatic carbocycles. The Kier molecular flexibility index (Phi) is 4.65. The maximum Gasteiger partial charge on any atom is 0.415 e. The van der Waals surface area contributed by atoms with Crippen molar-refractivity contribution in [3.63, 3.8) is 0 Å². The van der Waals surface area contributed by atoms with Crippen LogP contribution < -0.4 is 15.8 Å². The topological polar surface area (TPSA) is 64.3 Å². The first-order chi connectivity index (χ1) is 9.09. The molecule has 0 spiro atoms. The summed E-state index contributed by atoms with van der Waals surface area (Å²) in [6.45, 7) is 2.22. The van der Waals surface area contributed by atoms with Gasteiger partial charge in [-0.3, -0.25) is 4.79 Å². The first-order valence-electron chi connectivity index (χ1n) is 5.90. The van der Waals surface area contributed by atoms with Crippen molar-refractivity contribution in [1.82, 2.24) is 5.32 Å². The molecule has 0 radical (unpaired) electrons. The van der Waals surface area contributed by atoms with E-state index < -0.39 is 23.7 Å². The van der Waals surface area contributed by atoms with Crippen LogP contribution in [-0.2, 0) is 4.79 Å². The first kappa shape index (κ1) is 16.3. The Bertz CT molecular complexity index is 469. The highest BCUT2D eigenvalue weighted by Gasteiger charge is 2.54. The normalized spacial score (nSPS) is 16.1. The van der Waals surface area contributed by atoms with E-state index >= 15 is 0 Å². The molecule has 1 rings (SSSR count). The van der Waals surface area contributed by atoms with E-state index in [1.165, 1.54) is 7.11 Å². The second kappa shape index (κ2) is 5.70.